The third-order valence-electron chi connectivity index (χ3n) is 5.77. The molecule has 1 aliphatic rings. The molecule has 1 heterocycles. The van der Waals surface area contributed by atoms with Crippen LogP contribution in [0.25, 0.3) is 11.0 Å². The Morgan fingerprint density at radius 1 is 1.15 bits per heavy atom. The predicted molar refractivity (Wildman–Crippen MR) is 124 cm³/mol. The van der Waals surface area contributed by atoms with Gasteiger partial charge in [0.15, 0.2) is 6.61 Å². The number of carbonyl (C=O) groups is 2. The minimum absolute atomic E-state index is 0.115. The highest BCUT2D eigenvalue weighted by Crippen LogP contribution is 2.34. The van der Waals surface area contributed by atoms with Crippen LogP contribution in [-0.2, 0) is 28.9 Å². The van der Waals surface area contributed by atoms with Gasteiger partial charge in [-0.25, -0.2) is 9.59 Å². The summed E-state index contributed by atoms with van der Waals surface area (Å²) in [5.41, 5.74) is 3.25. The number of benzene rings is 2. The van der Waals surface area contributed by atoms with Gasteiger partial charge in [-0.05, 0) is 73.6 Å². The van der Waals surface area contributed by atoms with E-state index in [4.69, 9.17) is 20.8 Å². The molecule has 1 amide bonds. The van der Waals surface area contributed by atoms with E-state index in [0.29, 0.717) is 33.7 Å². The zero-order valence-corrected chi connectivity index (χ0v) is 18.9. The van der Waals surface area contributed by atoms with E-state index in [9.17, 15) is 19.5 Å². The Bertz CT molecular complexity index is 1260. The van der Waals surface area contributed by atoms with Crippen molar-refractivity contribution in [3.05, 3.63) is 74.1 Å². The van der Waals surface area contributed by atoms with Crippen LogP contribution in [0.1, 0.15) is 35.1 Å². The summed E-state index contributed by atoms with van der Waals surface area (Å²) in [6.07, 6.45) is 3.41. The standard InChI is InChI=1S/C25H24ClNO6/c1-14-10-20(23-17-4-2-3-5-18(17)25(31)33-21(23)11-14)32-13-22(28)27-19(24(29)30)12-15-6-8-16(26)9-7-15/h6-11,19H,2-5,12-13H2,1H3,(H,27,28)(H,29,30)/t19-/m0/s1. The summed E-state index contributed by atoms with van der Waals surface area (Å²) in [7, 11) is 0. The Hall–Kier alpha value is -3.32. The van der Waals surface area contributed by atoms with Crippen LogP contribution in [0.3, 0.4) is 0 Å². The molecule has 3 aromatic rings. The summed E-state index contributed by atoms with van der Waals surface area (Å²) < 4.78 is 11.4. The fourth-order valence-electron chi connectivity index (χ4n) is 4.22. The number of carboxylic acid groups (broad SMARTS) is 1. The van der Waals surface area contributed by atoms with Gasteiger partial charge in [0.1, 0.15) is 17.4 Å². The number of ether oxygens (including phenoxy) is 1. The van der Waals surface area contributed by atoms with Gasteiger partial charge in [0.2, 0.25) is 0 Å². The predicted octanol–water partition coefficient (Wildman–Crippen LogP) is 3.82. The number of halogens is 1. The summed E-state index contributed by atoms with van der Waals surface area (Å²) >= 11 is 5.87. The second kappa shape index (κ2) is 9.67. The first-order valence-electron chi connectivity index (χ1n) is 10.8. The second-order valence-corrected chi connectivity index (χ2v) is 8.70. The molecule has 33 heavy (non-hydrogen) atoms. The van der Waals surface area contributed by atoms with E-state index >= 15 is 0 Å². The van der Waals surface area contributed by atoms with Crippen molar-refractivity contribution in [1.82, 2.24) is 5.32 Å². The lowest BCUT2D eigenvalue weighted by Gasteiger charge is -2.19. The van der Waals surface area contributed by atoms with Crippen LogP contribution in [0, 0.1) is 6.92 Å². The summed E-state index contributed by atoms with van der Waals surface area (Å²) in [4.78, 5) is 36.6. The zero-order chi connectivity index (χ0) is 23.5. The molecule has 1 aliphatic carbocycles. The first-order chi connectivity index (χ1) is 15.8. The number of rotatable bonds is 7. The number of hydrogen-bond acceptors (Lipinski definition) is 5. The van der Waals surface area contributed by atoms with Gasteiger partial charge in [0.05, 0.1) is 5.39 Å². The molecular weight excluding hydrogens is 446 g/mol. The summed E-state index contributed by atoms with van der Waals surface area (Å²) in [6, 6.07) is 9.25. The molecule has 1 atom stereocenters. The van der Waals surface area contributed by atoms with Crippen LogP contribution >= 0.6 is 11.6 Å². The number of amides is 1. The Kier molecular flexibility index (Phi) is 6.70. The minimum Gasteiger partial charge on any atom is -0.483 e. The van der Waals surface area contributed by atoms with E-state index < -0.39 is 17.9 Å². The van der Waals surface area contributed by atoms with E-state index in [1.165, 1.54) is 0 Å². The molecule has 1 aromatic heterocycles. The normalized spacial score (nSPS) is 13.9. The molecule has 4 rings (SSSR count). The molecular formula is C25H24ClNO6. The SMILES string of the molecule is Cc1cc(OCC(=O)N[C@@H](Cc2ccc(Cl)cc2)C(=O)O)c2c3c(c(=O)oc2c1)CCCC3. The third-order valence-corrected chi connectivity index (χ3v) is 6.03. The summed E-state index contributed by atoms with van der Waals surface area (Å²) in [5.74, 6) is -1.25. The van der Waals surface area contributed by atoms with Crippen molar-refractivity contribution in [3.63, 3.8) is 0 Å². The van der Waals surface area contributed by atoms with Crippen molar-refractivity contribution in [3.8, 4) is 5.75 Å². The summed E-state index contributed by atoms with van der Waals surface area (Å²) in [6.45, 7) is 1.48. The fourth-order valence-corrected chi connectivity index (χ4v) is 4.34. The highest BCUT2D eigenvalue weighted by Gasteiger charge is 2.23. The molecule has 0 radical (unpaired) electrons. The van der Waals surface area contributed by atoms with Crippen LogP contribution in [-0.4, -0.2) is 29.6 Å². The molecule has 0 saturated heterocycles. The van der Waals surface area contributed by atoms with Gasteiger partial charge in [-0.1, -0.05) is 23.7 Å². The second-order valence-electron chi connectivity index (χ2n) is 8.27. The largest absolute Gasteiger partial charge is 0.483 e. The monoisotopic (exact) mass is 469 g/mol. The molecule has 2 aromatic carbocycles. The van der Waals surface area contributed by atoms with Crippen LogP contribution in [0.5, 0.6) is 5.75 Å². The topological polar surface area (TPSA) is 106 Å². The fraction of sp³-hybridized carbons (Fsp3) is 0.320. The third kappa shape index (κ3) is 5.20. The highest BCUT2D eigenvalue weighted by molar-refractivity contribution is 6.30. The average Bonchev–Trinajstić information content (AvgIpc) is 2.78. The molecule has 172 valence electrons. The molecule has 8 heteroatoms. The molecule has 2 N–H and O–H groups in total. The van der Waals surface area contributed by atoms with Crippen molar-refractivity contribution in [2.75, 3.05) is 6.61 Å². The number of carboxylic acids is 1. The molecule has 0 aliphatic heterocycles. The Labute approximate surface area is 195 Å². The lowest BCUT2D eigenvalue weighted by atomic mass is 9.90. The molecule has 0 saturated carbocycles. The minimum atomic E-state index is -1.14. The number of aryl methyl sites for hydroxylation is 2. The Balaban J connectivity index is 1.52. The Morgan fingerprint density at radius 3 is 2.55 bits per heavy atom. The first kappa shape index (κ1) is 22.9. The van der Waals surface area contributed by atoms with Gasteiger partial charge in [0, 0.05) is 17.0 Å². The van der Waals surface area contributed by atoms with E-state index in [1.807, 2.05) is 6.92 Å². The van der Waals surface area contributed by atoms with Crippen molar-refractivity contribution in [2.24, 2.45) is 0 Å². The highest BCUT2D eigenvalue weighted by atomic mass is 35.5. The van der Waals surface area contributed by atoms with Crippen LogP contribution in [0.15, 0.2) is 45.6 Å². The van der Waals surface area contributed by atoms with Crippen molar-refractivity contribution in [1.29, 1.82) is 0 Å². The quantitative estimate of drug-likeness (QED) is 0.509. The number of aliphatic carboxylic acids is 1. The van der Waals surface area contributed by atoms with Gasteiger partial charge in [-0.3, -0.25) is 4.79 Å². The van der Waals surface area contributed by atoms with E-state index in [2.05, 4.69) is 5.32 Å². The molecule has 0 bridgehead atoms. The lowest BCUT2D eigenvalue weighted by Crippen LogP contribution is -2.44. The zero-order valence-electron chi connectivity index (χ0n) is 18.2. The average molecular weight is 470 g/mol. The van der Waals surface area contributed by atoms with E-state index in [0.717, 1.165) is 36.0 Å². The molecule has 0 fully saturated rings. The number of fused-ring (bicyclic) bond motifs is 3. The van der Waals surface area contributed by atoms with Crippen LogP contribution < -0.4 is 15.7 Å². The van der Waals surface area contributed by atoms with Gasteiger partial charge >= 0.3 is 11.6 Å². The molecule has 0 spiro atoms. The van der Waals surface area contributed by atoms with Gasteiger partial charge < -0.3 is 19.6 Å². The molecule has 7 nitrogen and oxygen atoms in total. The van der Waals surface area contributed by atoms with E-state index in [1.54, 1.807) is 36.4 Å². The molecule has 0 unspecified atom stereocenters. The van der Waals surface area contributed by atoms with Crippen molar-refractivity contribution >= 4 is 34.4 Å². The maximum atomic E-state index is 12.5. The number of hydrogen-bond donors (Lipinski definition) is 2. The van der Waals surface area contributed by atoms with Crippen LogP contribution in [0.4, 0.5) is 0 Å². The van der Waals surface area contributed by atoms with Crippen molar-refractivity contribution in [2.45, 2.75) is 45.1 Å². The van der Waals surface area contributed by atoms with Gasteiger partial charge in [-0.2, -0.15) is 0 Å². The van der Waals surface area contributed by atoms with Crippen LogP contribution in [0.2, 0.25) is 5.02 Å². The maximum Gasteiger partial charge on any atom is 0.339 e. The number of carbonyl (C=O) groups excluding carboxylic acids is 1. The number of nitrogens with one attached hydrogen (secondary N) is 1. The van der Waals surface area contributed by atoms with Crippen molar-refractivity contribution < 1.29 is 23.8 Å². The van der Waals surface area contributed by atoms with E-state index in [-0.39, 0.29) is 18.7 Å². The summed E-state index contributed by atoms with van der Waals surface area (Å²) in [5, 5.41) is 13.3. The first-order valence-corrected chi connectivity index (χ1v) is 11.2. The Morgan fingerprint density at radius 2 is 1.85 bits per heavy atom. The maximum absolute atomic E-state index is 12.5. The smallest absolute Gasteiger partial charge is 0.339 e. The van der Waals surface area contributed by atoms with Gasteiger partial charge in [0.25, 0.3) is 5.91 Å². The van der Waals surface area contributed by atoms with Gasteiger partial charge in [-0.15, -0.1) is 0 Å². The lowest BCUT2D eigenvalue weighted by molar-refractivity contribution is -0.142.